The quantitative estimate of drug-likeness (QED) is 0.848. The molecule has 2 aromatic rings. The minimum Gasteiger partial charge on any atom is -0.441 e. The van der Waals surface area contributed by atoms with Crippen molar-refractivity contribution >= 4 is 22.7 Å². The molecule has 0 radical (unpaired) electrons. The second-order valence-electron chi connectivity index (χ2n) is 4.31. The summed E-state index contributed by atoms with van der Waals surface area (Å²) in [5.41, 5.74) is 7.54. The standard InChI is InChI=1S/C13H17N3O3/c1-8(14)13(17)15-9-3-4-11-10(7-9)16-12(19-11)5-6-18-2/h3-4,7-8H,5-6,14H2,1-2H3,(H,15,17)/t8-/m1/s1. The molecule has 19 heavy (non-hydrogen) atoms. The number of hydrogen-bond donors (Lipinski definition) is 2. The van der Waals surface area contributed by atoms with Crippen molar-refractivity contribution in [2.24, 2.45) is 5.73 Å². The third-order valence-corrected chi connectivity index (χ3v) is 2.63. The number of nitrogens with two attached hydrogens (primary N) is 1. The number of carbonyl (C=O) groups excluding carboxylic acids is 1. The first-order valence-corrected chi connectivity index (χ1v) is 6.05. The summed E-state index contributed by atoms with van der Waals surface area (Å²) in [5, 5.41) is 2.72. The molecule has 1 aromatic carbocycles. The van der Waals surface area contributed by atoms with E-state index >= 15 is 0 Å². The number of nitrogens with one attached hydrogen (secondary N) is 1. The zero-order valence-corrected chi connectivity index (χ0v) is 11.0. The normalized spacial score (nSPS) is 12.6. The maximum atomic E-state index is 11.5. The lowest BCUT2D eigenvalue weighted by molar-refractivity contribution is -0.117. The molecule has 0 aliphatic carbocycles. The van der Waals surface area contributed by atoms with Crippen molar-refractivity contribution in [3.05, 3.63) is 24.1 Å². The maximum absolute atomic E-state index is 11.5. The van der Waals surface area contributed by atoms with E-state index in [-0.39, 0.29) is 5.91 Å². The Morgan fingerprint density at radius 1 is 1.58 bits per heavy atom. The predicted molar refractivity (Wildman–Crippen MR) is 71.9 cm³/mol. The van der Waals surface area contributed by atoms with Gasteiger partial charge in [-0.1, -0.05) is 0 Å². The predicted octanol–water partition coefficient (Wildman–Crippen LogP) is 1.30. The Kier molecular flexibility index (Phi) is 4.13. The van der Waals surface area contributed by atoms with E-state index in [9.17, 15) is 4.79 Å². The summed E-state index contributed by atoms with van der Waals surface area (Å²) in [5.74, 6) is 0.384. The van der Waals surface area contributed by atoms with E-state index in [0.717, 1.165) is 0 Å². The number of ether oxygens (including phenoxy) is 1. The molecule has 0 saturated carbocycles. The SMILES string of the molecule is COCCc1nc2cc(NC(=O)[C@@H](C)N)ccc2o1. The van der Waals surface area contributed by atoms with Crippen molar-refractivity contribution in [1.29, 1.82) is 0 Å². The monoisotopic (exact) mass is 263 g/mol. The Balaban J connectivity index is 2.18. The Morgan fingerprint density at radius 3 is 3.05 bits per heavy atom. The lowest BCUT2D eigenvalue weighted by Gasteiger charge is -2.06. The second kappa shape index (κ2) is 5.81. The van der Waals surface area contributed by atoms with Gasteiger partial charge in [0.1, 0.15) is 5.52 Å². The summed E-state index contributed by atoms with van der Waals surface area (Å²) in [6.07, 6.45) is 0.618. The van der Waals surface area contributed by atoms with Crippen LogP contribution < -0.4 is 11.1 Å². The number of oxazole rings is 1. The fraction of sp³-hybridized carbons (Fsp3) is 0.385. The highest BCUT2D eigenvalue weighted by Gasteiger charge is 2.10. The van der Waals surface area contributed by atoms with E-state index in [0.29, 0.717) is 35.7 Å². The van der Waals surface area contributed by atoms with Crippen molar-refractivity contribution in [3.63, 3.8) is 0 Å². The zero-order valence-electron chi connectivity index (χ0n) is 11.0. The summed E-state index contributed by atoms with van der Waals surface area (Å²) in [7, 11) is 1.63. The van der Waals surface area contributed by atoms with E-state index in [1.165, 1.54) is 0 Å². The molecule has 0 spiro atoms. The highest BCUT2D eigenvalue weighted by Crippen LogP contribution is 2.20. The van der Waals surface area contributed by atoms with Crippen LogP contribution in [-0.2, 0) is 16.0 Å². The van der Waals surface area contributed by atoms with Crippen LogP contribution in [0.25, 0.3) is 11.1 Å². The third-order valence-electron chi connectivity index (χ3n) is 2.63. The van der Waals surface area contributed by atoms with Crippen molar-refractivity contribution in [3.8, 4) is 0 Å². The van der Waals surface area contributed by atoms with Gasteiger partial charge in [-0.3, -0.25) is 4.79 Å². The summed E-state index contributed by atoms with van der Waals surface area (Å²) in [6.45, 7) is 2.19. The second-order valence-corrected chi connectivity index (χ2v) is 4.31. The molecular formula is C13H17N3O3. The molecule has 0 unspecified atom stereocenters. The van der Waals surface area contributed by atoms with Crippen LogP contribution in [0.5, 0.6) is 0 Å². The summed E-state index contributed by atoms with van der Waals surface area (Å²) in [6, 6.07) is 4.74. The molecule has 6 nitrogen and oxygen atoms in total. The lowest BCUT2D eigenvalue weighted by atomic mass is 10.2. The van der Waals surface area contributed by atoms with E-state index in [1.807, 2.05) is 0 Å². The molecule has 1 atom stereocenters. The van der Waals surface area contributed by atoms with Crippen molar-refractivity contribution in [2.45, 2.75) is 19.4 Å². The highest BCUT2D eigenvalue weighted by atomic mass is 16.5. The van der Waals surface area contributed by atoms with Crippen molar-refractivity contribution in [2.75, 3.05) is 19.0 Å². The summed E-state index contributed by atoms with van der Waals surface area (Å²) in [4.78, 5) is 15.8. The minimum absolute atomic E-state index is 0.234. The number of fused-ring (bicyclic) bond motifs is 1. The van der Waals surface area contributed by atoms with E-state index < -0.39 is 6.04 Å². The topological polar surface area (TPSA) is 90.4 Å². The number of benzene rings is 1. The number of nitrogens with zero attached hydrogens (tertiary/aromatic N) is 1. The molecule has 0 aliphatic heterocycles. The van der Waals surface area contributed by atoms with Gasteiger partial charge in [0.25, 0.3) is 0 Å². The molecule has 6 heteroatoms. The Bertz CT molecular complexity index is 578. The highest BCUT2D eigenvalue weighted by molar-refractivity contribution is 5.95. The zero-order chi connectivity index (χ0) is 13.8. The molecule has 0 bridgehead atoms. The Hall–Kier alpha value is -1.92. The fourth-order valence-corrected chi connectivity index (χ4v) is 1.61. The molecule has 1 aromatic heterocycles. The van der Waals surface area contributed by atoms with Gasteiger partial charge in [0, 0.05) is 19.2 Å². The Labute approximate surface area is 110 Å². The molecule has 0 fully saturated rings. The van der Waals surface area contributed by atoms with Gasteiger partial charge in [0.05, 0.1) is 12.6 Å². The first-order valence-electron chi connectivity index (χ1n) is 6.05. The number of carbonyl (C=O) groups is 1. The van der Waals surface area contributed by atoms with Crippen molar-refractivity contribution < 1.29 is 13.9 Å². The smallest absolute Gasteiger partial charge is 0.240 e. The number of hydrogen-bond acceptors (Lipinski definition) is 5. The molecule has 0 saturated heterocycles. The number of amides is 1. The average Bonchev–Trinajstić information content (AvgIpc) is 2.78. The number of anilines is 1. The van der Waals surface area contributed by atoms with Gasteiger partial charge in [0.2, 0.25) is 5.91 Å². The number of methoxy groups -OCH3 is 1. The Morgan fingerprint density at radius 2 is 2.37 bits per heavy atom. The molecule has 102 valence electrons. The van der Waals surface area contributed by atoms with Crippen LogP contribution in [0.4, 0.5) is 5.69 Å². The summed E-state index contributed by atoms with van der Waals surface area (Å²) < 4.78 is 10.5. The van der Waals surface area contributed by atoms with E-state index in [4.69, 9.17) is 14.9 Å². The number of aromatic nitrogens is 1. The van der Waals surface area contributed by atoms with Crippen LogP contribution in [0.2, 0.25) is 0 Å². The molecule has 1 heterocycles. The van der Waals surface area contributed by atoms with Crippen LogP contribution in [0.3, 0.4) is 0 Å². The van der Waals surface area contributed by atoms with Gasteiger partial charge < -0.3 is 20.2 Å². The molecule has 2 rings (SSSR count). The first kappa shape index (κ1) is 13.5. The maximum Gasteiger partial charge on any atom is 0.240 e. The minimum atomic E-state index is -0.551. The van der Waals surface area contributed by atoms with Gasteiger partial charge in [-0.15, -0.1) is 0 Å². The van der Waals surface area contributed by atoms with Gasteiger partial charge in [-0.2, -0.15) is 0 Å². The first-order chi connectivity index (χ1) is 9.10. The van der Waals surface area contributed by atoms with Crippen LogP contribution in [-0.4, -0.2) is 30.6 Å². The van der Waals surface area contributed by atoms with Crippen LogP contribution in [0.15, 0.2) is 22.6 Å². The van der Waals surface area contributed by atoms with Crippen molar-refractivity contribution in [1.82, 2.24) is 4.98 Å². The fourth-order valence-electron chi connectivity index (χ4n) is 1.61. The molecular weight excluding hydrogens is 246 g/mol. The van der Waals surface area contributed by atoms with Crippen LogP contribution in [0, 0.1) is 0 Å². The van der Waals surface area contributed by atoms with Gasteiger partial charge in [-0.25, -0.2) is 4.98 Å². The molecule has 1 amide bonds. The lowest BCUT2D eigenvalue weighted by Crippen LogP contribution is -2.32. The van der Waals surface area contributed by atoms with Gasteiger partial charge >= 0.3 is 0 Å². The average molecular weight is 263 g/mol. The molecule has 0 aliphatic rings. The van der Waals surface area contributed by atoms with Gasteiger partial charge in [0.15, 0.2) is 11.5 Å². The van der Waals surface area contributed by atoms with Crippen LogP contribution in [0.1, 0.15) is 12.8 Å². The largest absolute Gasteiger partial charge is 0.441 e. The van der Waals surface area contributed by atoms with E-state index in [2.05, 4.69) is 10.3 Å². The van der Waals surface area contributed by atoms with Crippen LogP contribution >= 0.6 is 0 Å². The molecule has 3 N–H and O–H groups in total. The van der Waals surface area contributed by atoms with Gasteiger partial charge in [-0.05, 0) is 25.1 Å². The third kappa shape index (κ3) is 3.30. The number of rotatable bonds is 5. The summed E-state index contributed by atoms with van der Waals surface area (Å²) >= 11 is 0. The van der Waals surface area contributed by atoms with E-state index in [1.54, 1.807) is 32.2 Å².